The van der Waals surface area contributed by atoms with Gasteiger partial charge in [0, 0.05) is 31.3 Å². The fourth-order valence-corrected chi connectivity index (χ4v) is 7.42. The lowest BCUT2D eigenvalue weighted by Gasteiger charge is -2.35. The number of urea groups is 1. The number of benzene rings is 3. The molecule has 0 bridgehead atoms. The van der Waals surface area contributed by atoms with Gasteiger partial charge >= 0.3 is 6.03 Å². The zero-order chi connectivity index (χ0) is 41.1. The van der Waals surface area contributed by atoms with E-state index in [1.165, 1.54) is 12.1 Å². The van der Waals surface area contributed by atoms with E-state index in [4.69, 9.17) is 23.5 Å². The number of amides is 3. The van der Waals surface area contributed by atoms with E-state index < -0.39 is 34.0 Å². The second-order valence-corrected chi connectivity index (χ2v) is 16.0. The Hall–Kier alpha value is -5.03. The Morgan fingerprint density at radius 3 is 2.46 bits per heavy atom. The van der Waals surface area contributed by atoms with Gasteiger partial charge in [-0.15, -0.1) is 0 Å². The van der Waals surface area contributed by atoms with Crippen LogP contribution in [-0.2, 0) is 26.1 Å². The van der Waals surface area contributed by atoms with Gasteiger partial charge in [0.2, 0.25) is 10.0 Å². The van der Waals surface area contributed by atoms with E-state index in [1.807, 2.05) is 45.0 Å². The van der Waals surface area contributed by atoms with Crippen molar-refractivity contribution in [2.24, 2.45) is 5.92 Å². The molecule has 0 spiro atoms. The molecule has 16 heteroatoms. The first-order chi connectivity index (χ1) is 27.2. The summed E-state index contributed by atoms with van der Waals surface area (Å²) < 4.78 is 71.9. The molecule has 3 N–H and O–H groups in total. The average molecular weight is 810 g/mol. The first-order valence-corrected chi connectivity index (χ1v) is 20.4. The standard InChI is InChI=1S/C41H52FN5O9S/c1-26-23-47(27(2)24-53-25-31-10-15-34(52-6)16-11-31)40(48)36-21-33(44-41(49)45-39-29(4)46-56-30(39)5)14-19-37(36)55-28(3)9-7-8-20-54-38(26)22-43-57(50,51)35-17-12-32(42)13-18-35/h10-19,21,26-28,38,43H,7-9,20,22-25H2,1-6H3,(H2,44,45,49)/t26-,27+,28+,38+/m1/s1. The molecule has 0 saturated carbocycles. The number of methoxy groups -OCH3 is 1. The molecule has 4 aromatic rings. The molecule has 1 aromatic heterocycles. The van der Waals surface area contributed by atoms with Crippen molar-refractivity contribution in [2.45, 2.75) is 83.6 Å². The summed E-state index contributed by atoms with van der Waals surface area (Å²) in [7, 11) is -2.40. The van der Waals surface area contributed by atoms with Crippen molar-refractivity contribution >= 4 is 33.3 Å². The van der Waals surface area contributed by atoms with Crippen molar-refractivity contribution in [1.82, 2.24) is 14.8 Å². The summed E-state index contributed by atoms with van der Waals surface area (Å²) in [5.74, 6) is 0.199. The maximum Gasteiger partial charge on any atom is 0.323 e. The lowest BCUT2D eigenvalue weighted by atomic mass is 10.0. The summed E-state index contributed by atoms with van der Waals surface area (Å²) in [5, 5.41) is 9.44. The van der Waals surface area contributed by atoms with Crippen LogP contribution in [0.2, 0.25) is 0 Å². The van der Waals surface area contributed by atoms with Gasteiger partial charge in [0.1, 0.15) is 28.7 Å². The number of halogens is 1. The third kappa shape index (κ3) is 12.0. The van der Waals surface area contributed by atoms with Crippen LogP contribution in [0.25, 0.3) is 0 Å². The Bertz CT molecular complexity index is 2040. The Labute approximate surface area is 333 Å². The number of hydrogen-bond acceptors (Lipinski definition) is 10. The predicted octanol–water partition coefficient (Wildman–Crippen LogP) is 7.08. The Kier molecular flexibility index (Phi) is 15.0. The highest BCUT2D eigenvalue weighted by Crippen LogP contribution is 2.29. The monoisotopic (exact) mass is 809 g/mol. The van der Waals surface area contributed by atoms with Gasteiger partial charge in [-0.25, -0.2) is 22.3 Å². The van der Waals surface area contributed by atoms with E-state index in [1.54, 1.807) is 44.1 Å². The quantitative estimate of drug-likeness (QED) is 0.134. The SMILES string of the molecule is COc1ccc(COC[C@H](C)N2C[C@@H](C)[C@H](CNS(=O)(=O)c3ccc(F)cc3)OCCCC[C@H](C)Oc3ccc(NC(=O)Nc4c(C)noc4C)cc3C2=O)cc1. The number of hydrogen-bond donors (Lipinski definition) is 3. The molecule has 57 heavy (non-hydrogen) atoms. The number of anilines is 2. The largest absolute Gasteiger partial charge is 0.497 e. The third-order valence-electron chi connectivity index (χ3n) is 9.70. The first kappa shape index (κ1) is 43.1. The maximum atomic E-state index is 14.9. The van der Waals surface area contributed by atoms with Gasteiger partial charge in [0.05, 0.1) is 49.0 Å². The van der Waals surface area contributed by atoms with Crippen LogP contribution >= 0.6 is 0 Å². The molecule has 5 rings (SSSR count). The number of aromatic nitrogens is 1. The molecular weight excluding hydrogens is 758 g/mol. The van der Waals surface area contributed by atoms with E-state index >= 15 is 0 Å². The minimum absolute atomic E-state index is 0.0766. The molecule has 308 valence electrons. The Morgan fingerprint density at radius 2 is 1.77 bits per heavy atom. The van der Waals surface area contributed by atoms with Crippen LogP contribution < -0.4 is 24.8 Å². The topological polar surface area (TPSA) is 171 Å². The van der Waals surface area contributed by atoms with Gasteiger partial charge in [0.25, 0.3) is 5.91 Å². The fraction of sp³-hybridized carbons (Fsp3) is 0.439. The number of ether oxygens (including phenoxy) is 4. The molecule has 0 radical (unpaired) electrons. The van der Waals surface area contributed by atoms with Crippen molar-refractivity contribution in [3.8, 4) is 11.5 Å². The van der Waals surface area contributed by atoms with Crippen LogP contribution in [0.1, 0.15) is 67.4 Å². The summed E-state index contributed by atoms with van der Waals surface area (Å²) in [6, 6.07) is 16.0. The van der Waals surface area contributed by atoms with E-state index in [0.29, 0.717) is 48.0 Å². The highest BCUT2D eigenvalue weighted by atomic mass is 32.2. The van der Waals surface area contributed by atoms with Crippen LogP contribution in [0, 0.1) is 25.6 Å². The minimum Gasteiger partial charge on any atom is -0.497 e. The third-order valence-corrected chi connectivity index (χ3v) is 11.1. The molecule has 14 nitrogen and oxygen atoms in total. The van der Waals surface area contributed by atoms with Gasteiger partial charge < -0.3 is 39.0 Å². The van der Waals surface area contributed by atoms with Crippen LogP contribution in [0.4, 0.5) is 20.6 Å². The molecule has 1 aliphatic rings. The zero-order valence-electron chi connectivity index (χ0n) is 33.2. The Balaban J connectivity index is 1.43. The normalized spacial score (nSPS) is 18.8. The highest BCUT2D eigenvalue weighted by molar-refractivity contribution is 7.89. The number of nitrogens with zero attached hydrogens (tertiary/aromatic N) is 2. The van der Waals surface area contributed by atoms with Crippen molar-refractivity contribution in [2.75, 3.05) is 44.0 Å². The summed E-state index contributed by atoms with van der Waals surface area (Å²) in [5.41, 5.74) is 2.44. The molecule has 3 amide bonds. The molecule has 0 unspecified atom stereocenters. The molecule has 0 aliphatic carbocycles. The van der Waals surface area contributed by atoms with Gasteiger partial charge in [-0.3, -0.25) is 4.79 Å². The minimum atomic E-state index is -4.00. The number of carbonyl (C=O) groups is 2. The fourth-order valence-electron chi connectivity index (χ4n) is 6.38. The van der Waals surface area contributed by atoms with Gasteiger partial charge in [0.15, 0.2) is 5.76 Å². The summed E-state index contributed by atoms with van der Waals surface area (Å²) in [4.78, 5) is 29.6. The molecule has 4 atom stereocenters. The van der Waals surface area contributed by atoms with Gasteiger partial charge in [-0.1, -0.05) is 24.2 Å². The molecular formula is C41H52FN5O9S. The Morgan fingerprint density at radius 1 is 1.04 bits per heavy atom. The van der Waals surface area contributed by atoms with Gasteiger partial charge in [-0.05, 0) is 107 Å². The van der Waals surface area contributed by atoms with Crippen LogP contribution in [0.3, 0.4) is 0 Å². The van der Waals surface area contributed by atoms with Gasteiger partial charge in [-0.2, -0.15) is 0 Å². The van der Waals surface area contributed by atoms with Crippen molar-refractivity contribution < 1.29 is 45.9 Å². The summed E-state index contributed by atoms with van der Waals surface area (Å²) in [6.45, 7) is 9.95. The maximum absolute atomic E-state index is 14.9. The van der Waals surface area contributed by atoms with E-state index in [2.05, 4.69) is 20.5 Å². The number of nitrogens with one attached hydrogen (secondary N) is 3. The lowest BCUT2D eigenvalue weighted by Crippen LogP contribution is -2.48. The second-order valence-electron chi connectivity index (χ2n) is 14.3. The smallest absolute Gasteiger partial charge is 0.323 e. The van der Waals surface area contributed by atoms with Crippen molar-refractivity contribution in [3.05, 3.63) is 95.1 Å². The van der Waals surface area contributed by atoms with Crippen LogP contribution in [0.15, 0.2) is 76.1 Å². The summed E-state index contributed by atoms with van der Waals surface area (Å²) >= 11 is 0. The number of aryl methyl sites for hydroxylation is 2. The number of fused-ring (bicyclic) bond motifs is 1. The number of carbonyl (C=O) groups excluding carboxylic acids is 2. The number of rotatable bonds is 12. The van der Waals surface area contributed by atoms with E-state index in [9.17, 15) is 22.4 Å². The summed E-state index contributed by atoms with van der Waals surface area (Å²) in [6.07, 6.45) is 1.20. The molecule has 2 heterocycles. The van der Waals surface area contributed by atoms with Crippen LogP contribution in [0.5, 0.6) is 11.5 Å². The van der Waals surface area contributed by atoms with E-state index in [0.717, 1.165) is 29.9 Å². The predicted molar refractivity (Wildman–Crippen MR) is 213 cm³/mol. The first-order valence-electron chi connectivity index (χ1n) is 18.9. The average Bonchev–Trinajstić information content (AvgIpc) is 3.50. The van der Waals surface area contributed by atoms with Crippen molar-refractivity contribution in [3.63, 3.8) is 0 Å². The molecule has 0 saturated heterocycles. The molecule has 0 fully saturated rings. The van der Waals surface area contributed by atoms with Crippen molar-refractivity contribution in [1.29, 1.82) is 0 Å². The lowest BCUT2D eigenvalue weighted by molar-refractivity contribution is -0.00379. The van der Waals surface area contributed by atoms with E-state index in [-0.39, 0.29) is 54.7 Å². The second kappa shape index (κ2) is 19.9. The molecule has 3 aromatic carbocycles. The number of sulfonamides is 1. The zero-order valence-corrected chi connectivity index (χ0v) is 34.0. The molecule has 1 aliphatic heterocycles. The van der Waals surface area contributed by atoms with Crippen LogP contribution in [-0.4, -0.2) is 82.1 Å². The highest BCUT2D eigenvalue weighted by Gasteiger charge is 2.31.